The number of hydrogen-bond acceptors (Lipinski definition) is 3. The Hall–Kier alpha value is -1.98. The molecule has 0 aromatic heterocycles. The van der Waals surface area contributed by atoms with Crippen molar-refractivity contribution in [1.29, 1.82) is 0 Å². The Morgan fingerprint density at radius 3 is 2.39 bits per heavy atom. The van der Waals surface area contributed by atoms with Gasteiger partial charge in [-0.1, -0.05) is 42.5 Å². The van der Waals surface area contributed by atoms with Crippen LogP contribution < -0.4 is 10.5 Å². The summed E-state index contributed by atoms with van der Waals surface area (Å²) in [5.74, 6) is 0.515. The Bertz CT molecular complexity index is 619. The number of hydrogen-bond donors (Lipinski definition) is 1. The number of likely N-dealkylation sites (tertiary alicyclic amines) is 1. The summed E-state index contributed by atoms with van der Waals surface area (Å²) in [6, 6.07) is 17.2. The van der Waals surface area contributed by atoms with Crippen LogP contribution in [0.5, 0.6) is 5.75 Å². The lowest BCUT2D eigenvalue weighted by molar-refractivity contribution is -0.0498. The van der Waals surface area contributed by atoms with E-state index in [1.165, 1.54) is 5.56 Å². The van der Waals surface area contributed by atoms with Crippen molar-refractivity contribution in [3.8, 4) is 5.75 Å². The highest BCUT2D eigenvalue weighted by molar-refractivity contribution is 5.28. The maximum absolute atomic E-state index is 12.2. The van der Waals surface area contributed by atoms with Crippen LogP contribution in [0.3, 0.4) is 0 Å². The average molecular weight is 318 g/mol. The molecular formula is C18H20F2N2O. The predicted molar refractivity (Wildman–Crippen MR) is 85.5 cm³/mol. The summed E-state index contributed by atoms with van der Waals surface area (Å²) in [5.41, 5.74) is 8.62. The van der Waals surface area contributed by atoms with Gasteiger partial charge in [-0.25, -0.2) is 0 Å². The van der Waals surface area contributed by atoms with Gasteiger partial charge in [-0.05, 0) is 23.3 Å². The third kappa shape index (κ3) is 4.06. The summed E-state index contributed by atoms with van der Waals surface area (Å²) in [6.07, 6.45) is 0. The molecule has 0 unspecified atom stereocenters. The highest BCUT2D eigenvalue weighted by atomic mass is 19.3. The summed E-state index contributed by atoms with van der Waals surface area (Å²) < 4.78 is 28.7. The molecule has 2 aromatic carbocycles. The van der Waals surface area contributed by atoms with Crippen molar-refractivity contribution >= 4 is 0 Å². The smallest absolute Gasteiger partial charge is 0.387 e. The Balaban J connectivity index is 1.61. The molecule has 1 aliphatic rings. The molecule has 1 heterocycles. The molecule has 0 radical (unpaired) electrons. The number of ether oxygens (including phenoxy) is 1. The molecule has 0 saturated carbocycles. The van der Waals surface area contributed by atoms with Gasteiger partial charge in [-0.2, -0.15) is 8.78 Å². The second kappa shape index (κ2) is 7.06. The standard InChI is InChI=1S/C18H20F2N2O/c19-18(20)23-15-8-6-13(7-9-15)10-22-11-16(17(21)12-22)14-4-2-1-3-5-14/h1-9,16-18H,10-12,21H2/t16-,17+/m0/s1. The van der Waals surface area contributed by atoms with Gasteiger partial charge in [-0.15, -0.1) is 0 Å². The van der Waals surface area contributed by atoms with Gasteiger partial charge in [0.05, 0.1) is 0 Å². The summed E-state index contributed by atoms with van der Waals surface area (Å²) in [7, 11) is 0. The monoisotopic (exact) mass is 318 g/mol. The van der Waals surface area contributed by atoms with Crippen molar-refractivity contribution in [3.63, 3.8) is 0 Å². The SMILES string of the molecule is N[C@@H]1CN(Cc2ccc(OC(F)F)cc2)C[C@H]1c1ccccc1. The molecule has 3 rings (SSSR count). The normalized spacial score (nSPS) is 21.7. The van der Waals surface area contributed by atoms with Crippen molar-refractivity contribution < 1.29 is 13.5 Å². The first-order valence-corrected chi connectivity index (χ1v) is 7.68. The lowest BCUT2D eigenvalue weighted by atomic mass is 9.95. The molecule has 0 aliphatic carbocycles. The lowest BCUT2D eigenvalue weighted by Gasteiger charge is -2.16. The quantitative estimate of drug-likeness (QED) is 0.920. The highest BCUT2D eigenvalue weighted by Gasteiger charge is 2.30. The number of nitrogens with zero attached hydrogens (tertiary/aromatic N) is 1. The van der Waals surface area contributed by atoms with Crippen molar-refractivity contribution in [3.05, 3.63) is 65.7 Å². The minimum absolute atomic E-state index is 0.110. The van der Waals surface area contributed by atoms with E-state index in [4.69, 9.17) is 5.73 Å². The van der Waals surface area contributed by atoms with Crippen molar-refractivity contribution in [2.24, 2.45) is 5.73 Å². The second-order valence-corrected chi connectivity index (χ2v) is 5.90. The zero-order valence-electron chi connectivity index (χ0n) is 12.7. The molecular weight excluding hydrogens is 298 g/mol. The van der Waals surface area contributed by atoms with Crippen LogP contribution in [0.2, 0.25) is 0 Å². The van der Waals surface area contributed by atoms with Crippen molar-refractivity contribution in [2.45, 2.75) is 25.1 Å². The fourth-order valence-electron chi connectivity index (χ4n) is 3.13. The second-order valence-electron chi connectivity index (χ2n) is 5.90. The summed E-state index contributed by atoms with van der Waals surface area (Å²) >= 11 is 0. The number of alkyl halides is 2. The molecule has 2 atom stereocenters. The topological polar surface area (TPSA) is 38.5 Å². The van der Waals surface area contributed by atoms with Gasteiger partial charge in [0.1, 0.15) is 5.75 Å². The number of benzene rings is 2. The minimum atomic E-state index is -2.79. The van der Waals surface area contributed by atoms with Crippen LogP contribution in [0.25, 0.3) is 0 Å². The summed E-state index contributed by atoms with van der Waals surface area (Å²) in [4.78, 5) is 2.30. The molecule has 23 heavy (non-hydrogen) atoms. The highest BCUT2D eigenvalue weighted by Crippen LogP contribution is 2.27. The maximum Gasteiger partial charge on any atom is 0.387 e. The van der Waals surface area contributed by atoms with Gasteiger partial charge in [0.2, 0.25) is 0 Å². The Morgan fingerprint density at radius 1 is 1.04 bits per heavy atom. The fraction of sp³-hybridized carbons (Fsp3) is 0.333. The third-order valence-corrected chi connectivity index (χ3v) is 4.22. The van der Waals surface area contributed by atoms with E-state index in [0.717, 1.165) is 25.2 Å². The van der Waals surface area contributed by atoms with E-state index in [-0.39, 0.29) is 11.8 Å². The molecule has 1 saturated heterocycles. The van der Waals surface area contributed by atoms with Gasteiger partial charge in [0.25, 0.3) is 0 Å². The van der Waals surface area contributed by atoms with Gasteiger partial charge in [0, 0.05) is 31.6 Å². The van der Waals surface area contributed by atoms with E-state index in [1.807, 2.05) is 30.3 Å². The number of halogens is 2. The first-order chi connectivity index (χ1) is 11.1. The fourth-order valence-corrected chi connectivity index (χ4v) is 3.13. The van der Waals surface area contributed by atoms with Crippen molar-refractivity contribution in [1.82, 2.24) is 4.90 Å². The van der Waals surface area contributed by atoms with Gasteiger partial charge < -0.3 is 10.5 Å². The zero-order chi connectivity index (χ0) is 16.2. The molecule has 0 bridgehead atoms. The summed E-state index contributed by atoms with van der Waals surface area (Å²) in [6.45, 7) is -0.301. The molecule has 2 N–H and O–H groups in total. The molecule has 0 spiro atoms. The maximum atomic E-state index is 12.2. The Kier molecular flexibility index (Phi) is 4.88. The van der Waals surface area contributed by atoms with Crippen molar-refractivity contribution in [2.75, 3.05) is 13.1 Å². The van der Waals surface area contributed by atoms with Crippen LogP contribution >= 0.6 is 0 Å². The van der Waals surface area contributed by atoms with Crippen LogP contribution in [-0.2, 0) is 6.54 Å². The van der Waals surface area contributed by atoms with Crippen LogP contribution in [0.1, 0.15) is 17.0 Å². The number of nitrogens with two attached hydrogens (primary N) is 1. The van der Waals surface area contributed by atoms with E-state index < -0.39 is 6.61 Å². The van der Waals surface area contributed by atoms with E-state index in [2.05, 4.69) is 21.8 Å². The molecule has 122 valence electrons. The molecule has 5 heteroatoms. The summed E-state index contributed by atoms with van der Waals surface area (Å²) in [5, 5.41) is 0. The average Bonchev–Trinajstić information content (AvgIpc) is 2.90. The van der Waals surface area contributed by atoms with E-state index in [9.17, 15) is 8.78 Å². The number of rotatable bonds is 5. The molecule has 1 aliphatic heterocycles. The van der Waals surface area contributed by atoms with E-state index in [0.29, 0.717) is 5.92 Å². The van der Waals surface area contributed by atoms with Gasteiger partial charge in [0.15, 0.2) is 0 Å². The molecule has 2 aromatic rings. The first kappa shape index (κ1) is 15.9. The van der Waals surface area contributed by atoms with Crippen LogP contribution in [0, 0.1) is 0 Å². The lowest BCUT2D eigenvalue weighted by Crippen LogP contribution is -2.28. The third-order valence-electron chi connectivity index (χ3n) is 4.22. The van der Waals surface area contributed by atoms with Gasteiger partial charge >= 0.3 is 6.61 Å². The Morgan fingerprint density at radius 2 is 1.74 bits per heavy atom. The van der Waals surface area contributed by atoms with Crippen LogP contribution in [0.15, 0.2) is 54.6 Å². The predicted octanol–water partition coefficient (Wildman–Crippen LogP) is 3.21. The van der Waals surface area contributed by atoms with E-state index in [1.54, 1.807) is 12.1 Å². The molecule has 3 nitrogen and oxygen atoms in total. The van der Waals surface area contributed by atoms with Gasteiger partial charge in [-0.3, -0.25) is 4.90 Å². The van der Waals surface area contributed by atoms with E-state index >= 15 is 0 Å². The minimum Gasteiger partial charge on any atom is -0.435 e. The zero-order valence-corrected chi connectivity index (χ0v) is 12.7. The Labute approximate surface area is 134 Å². The first-order valence-electron chi connectivity index (χ1n) is 7.68. The molecule has 0 amide bonds. The van der Waals surface area contributed by atoms with Crippen LogP contribution in [0.4, 0.5) is 8.78 Å². The largest absolute Gasteiger partial charge is 0.435 e. The van der Waals surface area contributed by atoms with Crippen LogP contribution in [-0.4, -0.2) is 30.6 Å². The molecule has 1 fully saturated rings.